The number of amides is 1. The smallest absolute Gasteiger partial charge is 0.258 e. The predicted octanol–water partition coefficient (Wildman–Crippen LogP) is 6.19. The highest BCUT2D eigenvalue weighted by atomic mass is 19.1. The summed E-state index contributed by atoms with van der Waals surface area (Å²) in [4.78, 5) is 16.0. The summed E-state index contributed by atoms with van der Waals surface area (Å²) in [5.74, 6) is 0.112. The molecule has 0 saturated heterocycles. The average molecular weight is 440 g/mol. The zero-order chi connectivity index (χ0) is 22.8. The third kappa shape index (κ3) is 4.09. The van der Waals surface area contributed by atoms with Gasteiger partial charge in [-0.1, -0.05) is 72.8 Å². The first-order valence-corrected chi connectivity index (χ1v) is 11.3. The first-order chi connectivity index (χ1) is 16.2. The largest absolute Gasteiger partial charge is 0.496 e. The van der Waals surface area contributed by atoms with Gasteiger partial charge in [-0.3, -0.25) is 4.79 Å². The molecular formula is C29H26FNO2. The number of hydrogen-bond donors (Lipinski definition) is 0. The molecule has 1 aliphatic carbocycles. The molecule has 4 heteroatoms. The lowest BCUT2D eigenvalue weighted by molar-refractivity contribution is 0.0640. The van der Waals surface area contributed by atoms with Crippen LogP contribution in [0.15, 0.2) is 84.9 Å². The van der Waals surface area contributed by atoms with Crippen LogP contribution in [0.2, 0.25) is 0 Å². The standard InChI is InChI=1S/C29H26FNO2/c1-33-27-17-15-21-9-4-6-12-25(21)28(27)29(32)31(19-23-11-5-7-13-26(23)30)24-16-14-20-8-2-3-10-22(20)18-24/h2-13,15,17,24H,14,16,18-19H2,1H3. The van der Waals surface area contributed by atoms with Gasteiger partial charge in [0.1, 0.15) is 11.6 Å². The summed E-state index contributed by atoms with van der Waals surface area (Å²) < 4.78 is 20.3. The summed E-state index contributed by atoms with van der Waals surface area (Å²) >= 11 is 0. The molecule has 0 radical (unpaired) electrons. The lowest BCUT2D eigenvalue weighted by atomic mass is 9.87. The second-order valence-corrected chi connectivity index (χ2v) is 8.55. The van der Waals surface area contributed by atoms with E-state index in [0.717, 1.165) is 30.0 Å². The summed E-state index contributed by atoms with van der Waals surface area (Å²) in [6.07, 6.45) is 2.49. The molecule has 0 heterocycles. The summed E-state index contributed by atoms with van der Waals surface area (Å²) in [5.41, 5.74) is 3.63. The Hall–Kier alpha value is -3.66. The van der Waals surface area contributed by atoms with Crippen molar-refractivity contribution < 1.29 is 13.9 Å². The fraction of sp³-hybridized carbons (Fsp3) is 0.207. The molecular weight excluding hydrogens is 413 g/mol. The van der Waals surface area contributed by atoms with Crippen LogP contribution < -0.4 is 4.74 Å². The zero-order valence-electron chi connectivity index (χ0n) is 18.6. The van der Waals surface area contributed by atoms with Crippen LogP contribution in [0.4, 0.5) is 4.39 Å². The van der Waals surface area contributed by atoms with Crippen molar-refractivity contribution in [3.63, 3.8) is 0 Å². The maximum absolute atomic E-state index is 14.7. The van der Waals surface area contributed by atoms with Gasteiger partial charge < -0.3 is 9.64 Å². The van der Waals surface area contributed by atoms with Crippen LogP contribution in [-0.2, 0) is 19.4 Å². The van der Waals surface area contributed by atoms with Gasteiger partial charge in [-0.25, -0.2) is 4.39 Å². The molecule has 0 N–H and O–H groups in total. The molecule has 1 amide bonds. The normalized spacial score (nSPS) is 15.2. The van der Waals surface area contributed by atoms with E-state index in [9.17, 15) is 9.18 Å². The summed E-state index contributed by atoms with van der Waals surface area (Å²) in [7, 11) is 1.58. The number of nitrogens with zero attached hydrogens (tertiary/aromatic N) is 1. The number of aryl methyl sites for hydroxylation is 1. The second kappa shape index (κ2) is 9.07. The second-order valence-electron chi connectivity index (χ2n) is 8.55. The van der Waals surface area contributed by atoms with Crippen LogP contribution >= 0.6 is 0 Å². The van der Waals surface area contributed by atoms with E-state index in [0.29, 0.717) is 16.9 Å². The SMILES string of the molecule is COc1ccc2ccccc2c1C(=O)N(Cc1ccccc1F)C1CCc2ccccc2C1. The predicted molar refractivity (Wildman–Crippen MR) is 129 cm³/mol. The molecule has 0 fully saturated rings. The fourth-order valence-corrected chi connectivity index (χ4v) is 4.91. The van der Waals surface area contributed by atoms with E-state index in [-0.39, 0.29) is 24.3 Å². The number of benzene rings is 4. The van der Waals surface area contributed by atoms with Crippen molar-refractivity contribution in [2.45, 2.75) is 31.8 Å². The van der Waals surface area contributed by atoms with Gasteiger partial charge in [-0.05, 0) is 53.3 Å². The van der Waals surface area contributed by atoms with Gasteiger partial charge in [0.2, 0.25) is 0 Å². The molecule has 0 saturated carbocycles. The van der Waals surface area contributed by atoms with Crippen LogP contribution in [0.3, 0.4) is 0 Å². The first-order valence-electron chi connectivity index (χ1n) is 11.3. The Kier molecular flexibility index (Phi) is 5.82. The van der Waals surface area contributed by atoms with Gasteiger partial charge in [0.05, 0.1) is 12.7 Å². The van der Waals surface area contributed by atoms with Crippen LogP contribution in [0.25, 0.3) is 10.8 Å². The molecule has 1 atom stereocenters. The molecule has 1 unspecified atom stereocenters. The molecule has 4 aromatic rings. The van der Waals surface area contributed by atoms with E-state index in [1.165, 1.54) is 17.2 Å². The number of ether oxygens (including phenoxy) is 1. The molecule has 33 heavy (non-hydrogen) atoms. The summed E-state index contributed by atoms with van der Waals surface area (Å²) in [5, 5.41) is 1.82. The monoisotopic (exact) mass is 439 g/mol. The minimum Gasteiger partial charge on any atom is -0.496 e. The van der Waals surface area contributed by atoms with Crippen LogP contribution in [0.1, 0.15) is 33.5 Å². The Balaban J connectivity index is 1.60. The fourth-order valence-electron chi connectivity index (χ4n) is 4.91. The van der Waals surface area contributed by atoms with Crippen molar-refractivity contribution in [3.05, 3.63) is 113 Å². The minimum absolute atomic E-state index is 0.0318. The van der Waals surface area contributed by atoms with E-state index < -0.39 is 0 Å². The number of hydrogen-bond acceptors (Lipinski definition) is 2. The van der Waals surface area contributed by atoms with Crippen LogP contribution in [0.5, 0.6) is 5.75 Å². The van der Waals surface area contributed by atoms with E-state index >= 15 is 0 Å². The molecule has 0 aliphatic heterocycles. The van der Waals surface area contributed by atoms with Gasteiger partial charge in [-0.2, -0.15) is 0 Å². The third-order valence-electron chi connectivity index (χ3n) is 6.65. The van der Waals surface area contributed by atoms with Crippen molar-refractivity contribution in [3.8, 4) is 5.75 Å². The zero-order valence-corrected chi connectivity index (χ0v) is 18.6. The van der Waals surface area contributed by atoms with Crippen LogP contribution in [-0.4, -0.2) is 24.0 Å². The highest BCUT2D eigenvalue weighted by Gasteiger charge is 2.31. The molecule has 3 nitrogen and oxygen atoms in total. The Morgan fingerprint density at radius 2 is 1.67 bits per heavy atom. The quantitative estimate of drug-likeness (QED) is 0.371. The van der Waals surface area contributed by atoms with Gasteiger partial charge in [0.15, 0.2) is 0 Å². The Labute approximate surface area is 193 Å². The van der Waals surface area contributed by atoms with Gasteiger partial charge >= 0.3 is 0 Å². The highest BCUT2D eigenvalue weighted by molar-refractivity contribution is 6.09. The number of fused-ring (bicyclic) bond motifs is 2. The average Bonchev–Trinajstić information content (AvgIpc) is 2.87. The number of rotatable bonds is 5. The molecule has 166 valence electrons. The van der Waals surface area contributed by atoms with E-state index in [2.05, 4.69) is 18.2 Å². The number of methoxy groups -OCH3 is 1. The Morgan fingerprint density at radius 1 is 0.939 bits per heavy atom. The summed E-state index contributed by atoms with van der Waals surface area (Å²) in [6, 6.07) is 26.7. The van der Waals surface area contributed by atoms with Gasteiger partial charge in [0, 0.05) is 18.2 Å². The van der Waals surface area contributed by atoms with E-state index in [1.807, 2.05) is 53.4 Å². The number of carbonyl (C=O) groups is 1. The Morgan fingerprint density at radius 3 is 2.48 bits per heavy atom. The minimum atomic E-state index is -0.295. The molecule has 0 aromatic heterocycles. The topological polar surface area (TPSA) is 29.5 Å². The van der Waals surface area contributed by atoms with Crippen molar-refractivity contribution in [1.82, 2.24) is 4.90 Å². The van der Waals surface area contributed by atoms with Crippen LogP contribution in [0, 0.1) is 5.82 Å². The van der Waals surface area contributed by atoms with Gasteiger partial charge in [-0.15, -0.1) is 0 Å². The van der Waals surface area contributed by atoms with Crippen molar-refractivity contribution in [2.75, 3.05) is 7.11 Å². The maximum Gasteiger partial charge on any atom is 0.258 e. The van der Waals surface area contributed by atoms with Gasteiger partial charge in [0.25, 0.3) is 5.91 Å². The van der Waals surface area contributed by atoms with Crippen molar-refractivity contribution >= 4 is 16.7 Å². The molecule has 0 bridgehead atoms. The lowest BCUT2D eigenvalue weighted by Gasteiger charge is -2.36. The Bertz CT molecular complexity index is 1320. The summed E-state index contributed by atoms with van der Waals surface area (Å²) in [6.45, 7) is 0.213. The number of halogens is 1. The van der Waals surface area contributed by atoms with E-state index in [4.69, 9.17) is 4.74 Å². The molecule has 0 spiro atoms. The third-order valence-corrected chi connectivity index (χ3v) is 6.65. The maximum atomic E-state index is 14.7. The van der Waals surface area contributed by atoms with Crippen molar-refractivity contribution in [2.24, 2.45) is 0 Å². The highest BCUT2D eigenvalue weighted by Crippen LogP contribution is 2.33. The molecule has 1 aliphatic rings. The van der Waals surface area contributed by atoms with Crippen molar-refractivity contribution in [1.29, 1.82) is 0 Å². The first kappa shape index (κ1) is 21.2. The van der Waals surface area contributed by atoms with E-state index in [1.54, 1.807) is 19.2 Å². The molecule has 4 aromatic carbocycles. The molecule has 5 rings (SSSR count). The number of carbonyl (C=O) groups excluding carboxylic acids is 1. The lowest BCUT2D eigenvalue weighted by Crippen LogP contribution is -2.43.